The molecule has 0 N–H and O–H groups in total. The predicted molar refractivity (Wildman–Crippen MR) is 195 cm³/mol. The van der Waals surface area contributed by atoms with Crippen LogP contribution in [0.25, 0.3) is 91.9 Å². The molecule has 0 aliphatic carbocycles. The number of aromatic nitrogens is 3. The average molecular weight is 604 g/mol. The summed E-state index contributed by atoms with van der Waals surface area (Å²) in [5.41, 5.74) is 7.89. The lowest BCUT2D eigenvalue weighted by Gasteiger charge is -2.13. The number of hydrogen-bond donors (Lipinski definition) is 0. The van der Waals surface area contributed by atoms with Gasteiger partial charge in [-0.05, 0) is 56.6 Å². The van der Waals surface area contributed by atoms with Gasteiger partial charge < -0.3 is 0 Å². The SMILES string of the molecule is c1ccc2c(-c3ccc4c(c3)c3ccccc3c3nnc(-c5ccc(-c6cccc7c6sc6ccccc67)cc5)n43)cccc2c1. The van der Waals surface area contributed by atoms with Crippen molar-refractivity contribution in [3.63, 3.8) is 0 Å². The van der Waals surface area contributed by atoms with E-state index in [4.69, 9.17) is 10.2 Å². The van der Waals surface area contributed by atoms with Gasteiger partial charge in [-0.2, -0.15) is 0 Å². The Morgan fingerprint density at radius 1 is 0.435 bits per heavy atom. The minimum atomic E-state index is 0.843. The molecule has 214 valence electrons. The third kappa shape index (κ3) is 3.71. The van der Waals surface area contributed by atoms with Crippen molar-refractivity contribution < 1.29 is 0 Å². The van der Waals surface area contributed by atoms with Crippen molar-refractivity contribution in [3.05, 3.63) is 152 Å². The summed E-state index contributed by atoms with van der Waals surface area (Å²) >= 11 is 1.86. The van der Waals surface area contributed by atoms with E-state index in [1.54, 1.807) is 0 Å². The number of fused-ring (bicyclic) bond motifs is 10. The highest BCUT2D eigenvalue weighted by molar-refractivity contribution is 7.26. The Hall–Kier alpha value is -5.84. The van der Waals surface area contributed by atoms with E-state index in [2.05, 4.69) is 156 Å². The summed E-state index contributed by atoms with van der Waals surface area (Å²) in [7, 11) is 0. The number of thiophene rings is 1. The fourth-order valence-corrected chi connectivity index (χ4v) is 8.39. The molecule has 4 heteroatoms. The van der Waals surface area contributed by atoms with Crippen LogP contribution < -0.4 is 0 Å². The number of rotatable bonds is 3. The van der Waals surface area contributed by atoms with Crippen molar-refractivity contribution in [2.75, 3.05) is 0 Å². The average Bonchev–Trinajstić information content (AvgIpc) is 3.74. The van der Waals surface area contributed by atoms with Gasteiger partial charge in [0, 0.05) is 36.5 Å². The number of benzene rings is 7. The van der Waals surface area contributed by atoms with Crippen LogP contribution in [0.15, 0.2) is 152 Å². The van der Waals surface area contributed by atoms with Gasteiger partial charge in [0.1, 0.15) is 0 Å². The van der Waals surface area contributed by atoms with Gasteiger partial charge >= 0.3 is 0 Å². The maximum Gasteiger partial charge on any atom is 0.169 e. The first kappa shape index (κ1) is 25.5. The van der Waals surface area contributed by atoms with Crippen molar-refractivity contribution in [2.45, 2.75) is 0 Å². The largest absolute Gasteiger partial charge is 0.274 e. The van der Waals surface area contributed by atoms with Crippen molar-refractivity contribution in [1.82, 2.24) is 14.6 Å². The number of nitrogens with zero attached hydrogens (tertiary/aromatic N) is 3. The molecule has 10 rings (SSSR count). The zero-order valence-corrected chi connectivity index (χ0v) is 25.5. The Morgan fingerprint density at radius 3 is 1.98 bits per heavy atom. The molecular formula is C42H25N3S. The Morgan fingerprint density at radius 2 is 1.09 bits per heavy atom. The first-order chi connectivity index (χ1) is 22.8. The Labute approximate surface area is 268 Å². The van der Waals surface area contributed by atoms with Gasteiger partial charge in [0.2, 0.25) is 0 Å². The van der Waals surface area contributed by atoms with E-state index < -0.39 is 0 Å². The quantitative estimate of drug-likeness (QED) is 0.188. The summed E-state index contributed by atoms with van der Waals surface area (Å²) in [6.07, 6.45) is 0. The molecule has 0 aliphatic heterocycles. The lowest BCUT2D eigenvalue weighted by molar-refractivity contribution is 1.12. The summed E-state index contributed by atoms with van der Waals surface area (Å²) in [5, 5.41) is 18.1. The third-order valence-corrected chi connectivity index (χ3v) is 10.5. The van der Waals surface area contributed by atoms with Crippen LogP contribution in [0.3, 0.4) is 0 Å². The van der Waals surface area contributed by atoms with Crippen LogP contribution in [0.4, 0.5) is 0 Å². The van der Waals surface area contributed by atoms with Crippen LogP contribution in [-0.2, 0) is 0 Å². The Kier molecular flexibility index (Phi) is 5.45. The highest BCUT2D eigenvalue weighted by Crippen LogP contribution is 2.41. The second kappa shape index (κ2) is 9.83. The molecule has 0 aliphatic rings. The molecule has 0 spiro atoms. The summed E-state index contributed by atoms with van der Waals surface area (Å²) in [4.78, 5) is 0. The molecule has 0 saturated carbocycles. The van der Waals surface area contributed by atoms with Gasteiger partial charge in [0.15, 0.2) is 11.5 Å². The van der Waals surface area contributed by atoms with Crippen LogP contribution in [0.2, 0.25) is 0 Å². The fraction of sp³-hybridized carbons (Fsp3) is 0. The standard InChI is InChI=1S/C42H25N3S/c1-2-11-30-26(9-1)10-7-15-31(30)29-23-24-38-37(25-29)33-12-3-4-14-36(33)42-44-43-41(45(38)42)28-21-19-27(20-22-28)32-16-8-17-35-34-13-5-6-18-39(34)46-40(32)35/h1-25H. The van der Waals surface area contributed by atoms with Crippen molar-refractivity contribution in [1.29, 1.82) is 0 Å². The molecule has 0 radical (unpaired) electrons. The molecule has 0 atom stereocenters. The summed E-state index contributed by atoms with van der Waals surface area (Å²) in [6, 6.07) is 54.6. The van der Waals surface area contributed by atoms with E-state index in [0.717, 1.165) is 27.9 Å². The molecule has 46 heavy (non-hydrogen) atoms. The fourth-order valence-electron chi connectivity index (χ4n) is 7.15. The summed E-state index contributed by atoms with van der Waals surface area (Å²) < 4.78 is 4.87. The zero-order valence-electron chi connectivity index (χ0n) is 24.7. The topological polar surface area (TPSA) is 30.2 Å². The monoisotopic (exact) mass is 603 g/mol. The van der Waals surface area contributed by atoms with Gasteiger partial charge in [-0.15, -0.1) is 21.5 Å². The van der Waals surface area contributed by atoms with Crippen LogP contribution in [0.5, 0.6) is 0 Å². The normalized spacial score (nSPS) is 11.9. The van der Waals surface area contributed by atoms with Crippen LogP contribution >= 0.6 is 11.3 Å². The molecule has 0 unspecified atom stereocenters. The highest BCUT2D eigenvalue weighted by atomic mass is 32.1. The van der Waals surface area contributed by atoms with Crippen LogP contribution in [0, 0.1) is 0 Å². The lowest BCUT2D eigenvalue weighted by atomic mass is 9.95. The molecule has 3 aromatic heterocycles. The maximum absolute atomic E-state index is 4.78. The molecule has 3 nitrogen and oxygen atoms in total. The van der Waals surface area contributed by atoms with E-state index in [1.807, 2.05) is 11.3 Å². The number of pyridine rings is 1. The minimum absolute atomic E-state index is 0.843. The molecule has 10 aromatic rings. The molecule has 0 bridgehead atoms. The smallest absolute Gasteiger partial charge is 0.169 e. The predicted octanol–water partition coefficient (Wildman–Crippen LogP) is 11.6. The molecule has 7 aromatic carbocycles. The molecule has 0 fully saturated rings. The summed E-state index contributed by atoms with van der Waals surface area (Å²) in [5.74, 6) is 0.843. The van der Waals surface area contributed by atoms with Gasteiger partial charge in [-0.25, -0.2) is 0 Å². The molecule has 0 saturated heterocycles. The minimum Gasteiger partial charge on any atom is -0.274 e. The van der Waals surface area contributed by atoms with E-state index in [1.165, 1.54) is 64.0 Å². The third-order valence-electron chi connectivity index (χ3n) is 9.32. The second-order valence-corrected chi connectivity index (χ2v) is 12.9. The van der Waals surface area contributed by atoms with Gasteiger partial charge in [-0.3, -0.25) is 4.40 Å². The molecule has 3 heterocycles. The van der Waals surface area contributed by atoms with E-state index in [9.17, 15) is 0 Å². The zero-order chi connectivity index (χ0) is 30.2. The van der Waals surface area contributed by atoms with E-state index in [0.29, 0.717) is 0 Å². The Bertz CT molecular complexity index is 2800. The first-order valence-corrected chi connectivity index (χ1v) is 16.3. The second-order valence-electron chi connectivity index (χ2n) is 11.8. The van der Waals surface area contributed by atoms with Crippen molar-refractivity contribution in [2.24, 2.45) is 0 Å². The Balaban J connectivity index is 1.16. The van der Waals surface area contributed by atoms with Gasteiger partial charge in [0.25, 0.3) is 0 Å². The number of hydrogen-bond acceptors (Lipinski definition) is 3. The van der Waals surface area contributed by atoms with E-state index in [-0.39, 0.29) is 0 Å². The summed E-state index contributed by atoms with van der Waals surface area (Å²) in [6.45, 7) is 0. The van der Waals surface area contributed by atoms with Gasteiger partial charge in [0.05, 0.1) is 5.52 Å². The van der Waals surface area contributed by atoms with Crippen molar-refractivity contribution >= 4 is 69.6 Å². The van der Waals surface area contributed by atoms with Crippen LogP contribution in [-0.4, -0.2) is 14.6 Å². The molecular weight excluding hydrogens is 579 g/mol. The molecule has 0 amide bonds. The lowest BCUT2D eigenvalue weighted by Crippen LogP contribution is -1.95. The maximum atomic E-state index is 4.78. The van der Waals surface area contributed by atoms with Gasteiger partial charge in [-0.1, -0.05) is 133 Å². The first-order valence-electron chi connectivity index (χ1n) is 15.5. The van der Waals surface area contributed by atoms with Crippen molar-refractivity contribution in [3.8, 4) is 33.6 Å². The highest BCUT2D eigenvalue weighted by Gasteiger charge is 2.17. The van der Waals surface area contributed by atoms with E-state index >= 15 is 0 Å². The van der Waals surface area contributed by atoms with Crippen LogP contribution in [0.1, 0.15) is 0 Å².